The number of benzene rings is 2. The van der Waals surface area contributed by atoms with Crippen molar-refractivity contribution in [3.8, 4) is 22.1 Å². The van der Waals surface area contributed by atoms with Crippen molar-refractivity contribution in [2.75, 3.05) is 23.9 Å². The van der Waals surface area contributed by atoms with Crippen LogP contribution >= 0.6 is 11.3 Å². The number of anilines is 2. The summed E-state index contributed by atoms with van der Waals surface area (Å²) in [5.74, 6) is 2.27. The maximum absolute atomic E-state index is 11.3. The third-order valence-electron chi connectivity index (χ3n) is 5.35. The second-order valence-electron chi connectivity index (χ2n) is 8.30. The lowest BCUT2D eigenvalue weighted by atomic mass is 10.2. The number of hydrogen-bond donors (Lipinski definition) is 2. The molecule has 5 aromatic rings. The van der Waals surface area contributed by atoms with Gasteiger partial charge in [0.2, 0.25) is 0 Å². The average molecular weight is 533 g/mol. The number of ether oxygens (including phenoxy) is 1. The largest absolute Gasteiger partial charge is 0.457 e. The van der Waals surface area contributed by atoms with E-state index in [0.717, 1.165) is 43.7 Å². The predicted octanol–water partition coefficient (Wildman–Crippen LogP) is 4.82. The molecule has 0 fully saturated rings. The Morgan fingerprint density at radius 1 is 0.919 bits per heavy atom. The monoisotopic (exact) mass is 532 g/mol. The molecule has 2 N–H and O–H groups in total. The van der Waals surface area contributed by atoms with Gasteiger partial charge in [0.05, 0.1) is 28.0 Å². The Morgan fingerprint density at radius 2 is 1.70 bits per heavy atom. The minimum atomic E-state index is -2.99. The van der Waals surface area contributed by atoms with E-state index in [1.807, 2.05) is 60.7 Å². The molecular formula is C26H24N6O3S2. The van der Waals surface area contributed by atoms with E-state index in [2.05, 4.69) is 30.6 Å². The lowest BCUT2D eigenvalue weighted by Gasteiger charge is -2.10. The summed E-state index contributed by atoms with van der Waals surface area (Å²) < 4.78 is 28.4. The highest BCUT2D eigenvalue weighted by Gasteiger charge is 2.11. The van der Waals surface area contributed by atoms with Crippen LogP contribution in [0.2, 0.25) is 0 Å². The van der Waals surface area contributed by atoms with Gasteiger partial charge in [0.15, 0.2) is 0 Å². The van der Waals surface area contributed by atoms with Gasteiger partial charge in [-0.15, -0.1) is 11.3 Å². The fourth-order valence-electron chi connectivity index (χ4n) is 3.52. The van der Waals surface area contributed by atoms with E-state index in [4.69, 9.17) is 4.74 Å². The molecule has 0 atom stereocenters. The SMILES string of the molecule is CS(=O)(=O)CCNCc1ncc(-c2cc3c(Nc4ccc(Oc5ccccc5)cc4)ncnc3cn2)s1. The van der Waals surface area contributed by atoms with Gasteiger partial charge in [0.25, 0.3) is 0 Å². The molecule has 0 spiro atoms. The van der Waals surface area contributed by atoms with Crippen molar-refractivity contribution in [3.63, 3.8) is 0 Å². The van der Waals surface area contributed by atoms with Crippen LogP contribution in [0.3, 0.4) is 0 Å². The zero-order valence-corrected chi connectivity index (χ0v) is 21.6. The molecular weight excluding hydrogens is 508 g/mol. The van der Waals surface area contributed by atoms with Gasteiger partial charge in [-0.2, -0.15) is 0 Å². The standard InChI is InChI=1S/C26H24N6O3S2/c1-37(33,34)12-11-27-16-25-29-15-24(36-25)22-13-21-23(14-28-22)30-17-31-26(21)32-18-7-9-20(10-8-18)35-19-5-3-2-4-6-19/h2-10,13-15,17,27H,11-12,16H2,1H3,(H,30,31,32). The third kappa shape index (κ3) is 6.64. The molecule has 0 unspecified atom stereocenters. The Labute approximate surface area is 218 Å². The molecule has 0 saturated heterocycles. The van der Waals surface area contributed by atoms with Crippen LogP contribution < -0.4 is 15.4 Å². The Hall–Kier alpha value is -3.93. The van der Waals surface area contributed by atoms with E-state index in [-0.39, 0.29) is 5.75 Å². The molecule has 11 heteroatoms. The van der Waals surface area contributed by atoms with Crippen LogP contribution in [0.4, 0.5) is 11.5 Å². The maximum Gasteiger partial charge on any atom is 0.148 e. The number of hydrogen-bond acceptors (Lipinski definition) is 10. The summed E-state index contributed by atoms with van der Waals surface area (Å²) in [7, 11) is -2.99. The first-order chi connectivity index (χ1) is 17.9. The molecule has 0 aliphatic carbocycles. The summed E-state index contributed by atoms with van der Waals surface area (Å²) in [6.07, 6.45) is 6.22. The molecule has 2 aromatic carbocycles. The van der Waals surface area contributed by atoms with Crippen molar-refractivity contribution in [2.45, 2.75) is 6.54 Å². The zero-order valence-electron chi connectivity index (χ0n) is 20.0. The first-order valence-electron chi connectivity index (χ1n) is 11.5. The molecule has 3 aromatic heterocycles. The van der Waals surface area contributed by atoms with Crippen LogP contribution in [-0.4, -0.2) is 46.9 Å². The molecule has 188 valence electrons. The van der Waals surface area contributed by atoms with Gasteiger partial charge in [-0.25, -0.2) is 23.4 Å². The molecule has 0 radical (unpaired) electrons. The second-order valence-corrected chi connectivity index (χ2v) is 11.7. The molecule has 3 heterocycles. The molecule has 0 saturated carbocycles. The van der Waals surface area contributed by atoms with Gasteiger partial charge in [0.1, 0.15) is 38.5 Å². The second kappa shape index (κ2) is 11.0. The van der Waals surface area contributed by atoms with Crippen molar-refractivity contribution in [1.82, 2.24) is 25.3 Å². The highest BCUT2D eigenvalue weighted by Crippen LogP contribution is 2.30. The van der Waals surface area contributed by atoms with Gasteiger partial charge in [0, 0.05) is 36.6 Å². The Morgan fingerprint density at radius 3 is 2.49 bits per heavy atom. The van der Waals surface area contributed by atoms with Gasteiger partial charge in [-0.05, 0) is 42.5 Å². The number of fused-ring (bicyclic) bond motifs is 1. The summed E-state index contributed by atoms with van der Waals surface area (Å²) in [6, 6.07) is 19.2. The number of sulfone groups is 1. The van der Waals surface area contributed by atoms with E-state index in [1.54, 1.807) is 12.4 Å². The Kier molecular flexibility index (Phi) is 7.35. The van der Waals surface area contributed by atoms with Crippen LogP contribution in [0.1, 0.15) is 5.01 Å². The summed E-state index contributed by atoms with van der Waals surface area (Å²) >= 11 is 1.50. The first kappa shape index (κ1) is 24.8. The number of thiazole rings is 1. The lowest BCUT2D eigenvalue weighted by Crippen LogP contribution is -2.21. The summed E-state index contributed by atoms with van der Waals surface area (Å²) in [6.45, 7) is 0.876. The van der Waals surface area contributed by atoms with Gasteiger partial charge in [-0.3, -0.25) is 4.98 Å². The average Bonchev–Trinajstić information content (AvgIpc) is 3.37. The lowest BCUT2D eigenvalue weighted by molar-refractivity contribution is 0.483. The Bertz CT molecular complexity index is 1610. The summed E-state index contributed by atoms with van der Waals surface area (Å²) in [4.78, 5) is 18.7. The van der Waals surface area contributed by atoms with Crippen molar-refractivity contribution in [2.24, 2.45) is 0 Å². The van der Waals surface area contributed by atoms with Gasteiger partial charge >= 0.3 is 0 Å². The smallest absolute Gasteiger partial charge is 0.148 e. The molecule has 5 rings (SSSR count). The van der Waals surface area contributed by atoms with Crippen LogP contribution in [-0.2, 0) is 16.4 Å². The molecule has 37 heavy (non-hydrogen) atoms. The van der Waals surface area contributed by atoms with Crippen molar-refractivity contribution < 1.29 is 13.2 Å². The highest BCUT2D eigenvalue weighted by atomic mass is 32.2. The van der Waals surface area contributed by atoms with E-state index < -0.39 is 9.84 Å². The van der Waals surface area contributed by atoms with Crippen LogP contribution in [0, 0.1) is 0 Å². The number of nitrogens with one attached hydrogen (secondary N) is 2. The van der Waals surface area contributed by atoms with Crippen molar-refractivity contribution in [3.05, 3.63) is 84.4 Å². The van der Waals surface area contributed by atoms with Crippen LogP contribution in [0.15, 0.2) is 79.4 Å². The van der Waals surface area contributed by atoms with E-state index in [0.29, 0.717) is 18.9 Å². The minimum Gasteiger partial charge on any atom is -0.457 e. The summed E-state index contributed by atoms with van der Waals surface area (Å²) in [5.41, 5.74) is 2.34. The number of pyridine rings is 1. The van der Waals surface area contributed by atoms with E-state index in [1.165, 1.54) is 23.9 Å². The number of rotatable bonds is 10. The van der Waals surface area contributed by atoms with E-state index in [9.17, 15) is 8.42 Å². The minimum absolute atomic E-state index is 0.0933. The number of aromatic nitrogens is 4. The van der Waals surface area contributed by atoms with Crippen LogP contribution in [0.5, 0.6) is 11.5 Å². The van der Waals surface area contributed by atoms with Gasteiger partial charge in [-0.1, -0.05) is 18.2 Å². The predicted molar refractivity (Wildman–Crippen MR) is 146 cm³/mol. The van der Waals surface area contributed by atoms with Gasteiger partial charge < -0.3 is 15.4 Å². The molecule has 0 bridgehead atoms. The van der Waals surface area contributed by atoms with Crippen molar-refractivity contribution in [1.29, 1.82) is 0 Å². The highest BCUT2D eigenvalue weighted by molar-refractivity contribution is 7.90. The normalized spacial score (nSPS) is 11.5. The third-order valence-corrected chi connectivity index (χ3v) is 7.32. The molecule has 0 aliphatic heterocycles. The molecule has 0 aliphatic rings. The maximum atomic E-state index is 11.3. The first-order valence-corrected chi connectivity index (χ1v) is 14.3. The van der Waals surface area contributed by atoms with Crippen molar-refractivity contribution >= 4 is 43.6 Å². The molecule has 9 nitrogen and oxygen atoms in total. The van der Waals surface area contributed by atoms with Crippen LogP contribution in [0.25, 0.3) is 21.5 Å². The number of nitrogens with zero attached hydrogens (tertiary/aromatic N) is 4. The fraction of sp³-hybridized carbons (Fsp3) is 0.154. The summed E-state index contributed by atoms with van der Waals surface area (Å²) in [5, 5.41) is 8.16. The quantitative estimate of drug-likeness (QED) is 0.244. The fourth-order valence-corrected chi connectivity index (χ4v) is 4.89. The zero-order chi connectivity index (χ0) is 25.7. The Balaban J connectivity index is 1.30. The number of para-hydroxylation sites is 1. The van der Waals surface area contributed by atoms with E-state index >= 15 is 0 Å². The topological polar surface area (TPSA) is 119 Å². The molecule has 0 amide bonds.